The lowest BCUT2D eigenvalue weighted by Gasteiger charge is -2.47. The molecule has 6 rings (SSSR count). The first-order chi connectivity index (χ1) is 19.9. The van der Waals surface area contributed by atoms with Crippen molar-refractivity contribution in [3.05, 3.63) is 28.2 Å². The molecule has 6 heterocycles. The molecular formula is C29H36BrClF2N6O3. The normalized spacial score (nSPS) is 29.3. The molecule has 0 N–H and O–H groups in total. The van der Waals surface area contributed by atoms with Crippen LogP contribution in [0, 0.1) is 5.82 Å². The van der Waals surface area contributed by atoms with E-state index in [4.69, 9.17) is 26.1 Å². The van der Waals surface area contributed by atoms with Crippen LogP contribution in [0.15, 0.2) is 17.3 Å². The summed E-state index contributed by atoms with van der Waals surface area (Å²) in [6, 6.07) is -0.513. The highest BCUT2D eigenvalue weighted by molar-refractivity contribution is 9.10. The Hall–Kier alpha value is -2.31. The summed E-state index contributed by atoms with van der Waals surface area (Å²) in [5.74, 6) is -0.336. The molecule has 4 aliphatic heterocycles. The summed E-state index contributed by atoms with van der Waals surface area (Å²) in [6.07, 6.45) is 4.88. The number of piperazine rings is 1. The second-order valence-electron chi connectivity index (χ2n) is 12.9. The van der Waals surface area contributed by atoms with E-state index >= 15 is 4.39 Å². The standard InChI is InChI=1S/C29H36BrClF2N6O3/c1-5-7-18-19-9-8-17(39(19)27(40)42-28(2,3)4)14-38(18)25-20-22(21(33)24(31)35-23(20)30)34-26(36-25)41-15-29-10-6-11-37(29)13-16(32)12-29/h5,16-19H,1,6-15H2,2-4H3/t16-,17-,18-,19+,29+/m1/s1. The van der Waals surface area contributed by atoms with Crippen LogP contribution in [0.1, 0.15) is 59.3 Å². The van der Waals surface area contributed by atoms with E-state index in [2.05, 4.69) is 42.3 Å². The number of amides is 1. The SMILES string of the molecule is C=CC[C@@H]1[C@@H]2CC[C@H](CN1c1nc(OC[C@@]34CCCN3C[C@H](F)C4)nc3c(F)c(Cl)nc(Br)c13)N2C(=O)OC(C)(C)C. The molecule has 4 saturated heterocycles. The fourth-order valence-electron chi connectivity index (χ4n) is 7.32. The van der Waals surface area contributed by atoms with Crippen LogP contribution in [0.3, 0.4) is 0 Å². The van der Waals surface area contributed by atoms with Gasteiger partial charge in [0.2, 0.25) is 0 Å². The lowest BCUT2D eigenvalue weighted by molar-refractivity contribution is 0.00764. The van der Waals surface area contributed by atoms with E-state index in [1.165, 1.54) is 0 Å². The monoisotopic (exact) mass is 668 g/mol. The van der Waals surface area contributed by atoms with Crippen molar-refractivity contribution in [1.82, 2.24) is 24.8 Å². The number of fused-ring (bicyclic) bond motifs is 4. The van der Waals surface area contributed by atoms with Gasteiger partial charge in [-0.3, -0.25) is 9.80 Å². The van der Waals surface area contributed by atoms with E-state index in [0.29, 0.717) is 41.7 Å². The van der Waals surface area contributed by atoms with Crippen molar-refractivity contribution in [3.8, 4) is 6.01 Å². The van der Waals surface area contributed by atoms with Crippen molar-refractivity contribution >= 4 is 50.3 Å². The van der Waals surface area contributed by atoms with Crippen LogP contribution in [0.25, 0.3) is 10.9 Å². The van der Waals surface area contributed by atoms with E-state index in [9.17, 15) is 9.18 Å². The number of ether oxygens (including phenoxy) is 2. The van der Waals surface area contributed by atoms with Crippen molar-refractivity contribution in [1.29, 1.82) is 0 Å². The maximum Gasteiger partial charge on any atom is 0.410 e. The van der Waals surface area contributed by atoms with Crippen molar-refractivity contribution in [2.75, 3.05) is 31.1 Å². The molecule has 0 aromatic carbocycles. The van der Waals surface area contributed by atoms with Crippen LogP contribution >= 0.6 is 27.5 Å². The third-order valence-corrected chi connectivity index (χ3v) is 9.80. The summed E-state index contributed by atoms with van der Waals surface area (Å²) in [6.45, 7) is 11.4. The third kappa shape index (κ3) is 5.21. The zero-order valence-electron chi connectivity index (χ0n) is 24.1. The minimum Gasteiger partial charge on any atom is -0.461 e. The molecule has 9 nitrogen and oxygen atoms in total. The Bertz CT molecular complexity index is 1410. The fourth-order valence-corrected chi connectivity index (χ4v) is 8.14. The van der Waals surface area contributed by atoms with Gasteiger partial charge in [-0.25, -0.2) is 18.6 Å². The number of anilines is 1. The number of nitrogens with zero attached hydrogens (tertiary/aromatic N) is 6. The first-order valence-electron chi connectivity index (χ1n) is 14.5. The van der Waals surface area contributed by atoms with E-state index in [1.54, 1.807) is 0 Å². The van der Waals surface area contributed by atoms with Crippen LogP contribution < -0.4 is 9.64 Å². The first kappa shape index (κ1) is 29.7. The van der Waals surface area contributed by atoms with E-state index in [0.717, 1.165) is 32.2 Å². The number of hydrogen-bond acceptors (Lipinski definition) is 8. The van der Waals surface area contributed by atoms with Crippen LogP contribution in [-0.2, 0) is 4.74 Å². The molecule has 5 atom stereocenters. The van der Waals surface area contributed by atoms with Gasteiger partial charge in [-0.1, -0.05) is 17.7 Å². The van der Waals surface area contributed by atoms with Gasteiger partial charge in [0.1, 0.15) is 34.3 Å². The zero-order valence-corrected chi connectivity index (χ0v) is 26.4. The molecule has 4 fully saturated rings. The molecule has 0 saturated carbocycles. The average molecular weight is 670 g/mol. The topological polar surface area (TPSA) is 83.9 Å². The van der Waals surface area contributed by atoms with Crippen LogP contribution in [0.2, 0.25) is 5.15 Å². The number of alkyl halides is 1. The highest BCUT2D eigenvalue weighted by Crippen LogP contribution is 2.44. The summed E-state index contributed by atoms with van der Waals surface area (Å²) in [5.41, 5.74) is -1.06. The predicted octanol–water partition coefficient (Wildman–Crippen LogP) is 6.07. The number of halogens is 4. The minimum absolute atomic E-state index is 0.00614. The van der Waals surface area contributed by atoms with E-state index in [-0.39, 0.29) is 47.5 Å². The van der Waals surface area contributed by atoms with E-state index in [1.807, 2.05) is 31.7 Å². The fraction of sp³-hybridized carbons (Fsp3) is 0.655. The zero-order chi connectivity index (χ0) is 30.0. The molecule has 0 unspecified atom stereocenters. The van der Waals surface area contributed by atoms with Gasteiger partial charge in [-0.2, -0.15) is 9.97 Å². The predicted molar refractivity (Wildman–Crippen MR) is 159 cm³/mol. The molecule has 4 aliphatic rings. The van der Waals surface area contributed by atoms with E-state index < -0.39 is 23.1 Å². The number of carbonyl (C=O) groups is 1. The third-order valence-electron chi connectivity index (χ3n) is 8.97. The van der Waals surface area contributed by atoms with Gasteiger partial charge >= 0.3 is 12.1 Å². The molecule has 13 heteroatoms. The van der Waals surface area contributed by atoms with Crippen molar-refractivity contribution < 1.29 is 23.0 Å². The molecule has 0 spiro atoms. The van der Waals surface area contributed by atoms with Crippen molar-refractivity contribution in [2.24, 2.45) is 0 Å². The van der Waals surface area contributed by atoms with Gasteiger partial charge in [-0.05, 0) is 75.4 Å². The van der Waals surface area contributed by atoms with Crippen LogP contribution in [0.4, 0.5) is 19.4 Å². The molecule has 1 amide bonds. The number of aromatic nitrogens is 3. The quantitative estimate of drug-likeness (QED) is 0.271. The summed E-state index contributed by atoms with van der Waals surface area (Å²) >= 11 is 9.61. The number of hydrogen-bond donors (Lipinski definition) is 0. The first-order valence-corrected chi connectivity index (χ1v) is 15.7. The van der Waals surface area contributed by atoms with Crippen LogP contribution in [0.5, 0.6) is 6.01 Å². The summed E-state index contributed by atoms with van der Waals surface area (Å²) in [7, 11) is 0. The lowest BCUT2D eigenvalue weighted by atomic mass is 9.95. The second-order valence-corrected chi connectivity index (χ2v) is 14.0. The van der Waals surface area contributed by atoms with Crippen molar-refractivity contribution in [2.45, 2.75) is 94.7 Å². The van der Waals surface area contributed by atoms with Gasteiger partial charge in [0, 0.05) is 19.5 Å². The Morgan fingerprint density at radius 2 is 2.05 bits per heavy atom. The molecule has 228 valence electrons. The molecule has 2 bridgehead atoms. The number of rotatable bonds is 6. The number of pyridine rings is 1. The Morgan fingerprint density at radius 3 is 2.79 bits per heavy atom. The lowest BCUT2D eigenvalue weighted by Crippen LogP contribution is -2.62. The Kier molecular flexibility index (Phi) is 7.79. The summed E-state index contributed by atoms with van der Waals surface area (Å²) in [4.78, 5) is 32.8. The molecular weight excluding hydrogens is 634 g/mol. The smallest absolute Gasteiger partial charge is 0.410 e. The Balaban J connectivity index is 1.40. The molecule has 2 aromatic heterocycles. The highest BCUT2D eigenvalue weighted by atomic mass is 79.9. The maximum absolute atomic E-state index is 15.5. The van der Waals surface area contributed by atoms with Gasteiger partial charge in [0.05, 0.1) is 29.1 Å². The second kappa shape index (κ2) is 11.0. The Morgan fingerprint density at radius 1 is 1.26 bits per heavy atom. The summed E-state index contributed by atoms with van der Waals surface area (Å²) in [5, 5.41) is 0.0489. The highest BCUT2D eigenvalue weighted by Gasteiger charge is 2.51. The molecule has 0 aliphatic carbocycles. The van der Waals surface area contributed by atoms with Gasteiger partial charge in [0.15, 0.2) is 11.0 Å². The van der Waals surface area contributed by atoms with Crippen molar-refractivity contribution in [3.63, 3.8) is 0 Å². The molecule has 0 radical (unpaired) electrons. The average Bonchev–Trinajstić information content (AvgIpc) is 3.55. The van der Waals surface area contributed by atoms with Crippen LogP contribution in [-0.4, -0.2) is 92.5 Å². The number of carbonyl (C=O) groups excluding carboxylic acids is 1. The maximum atomic E-state index is 15.5. The van der Waals surface area contributed by atoms with Gasteiger partial charge in [0.25, 0.3) is 0 Å². The van der Waals surface area contributed by atoms with Gasteiger partial charge in [-0.15, -0.1) is 6.58 Å². The molecule has 2 aromatic rings. The Labute approximate surface area is 257 Å². The minimum atomic E-state index is -0.906. The summed E-state index contributed by atoms with van der Waals surface area (Å²) < 4.78 is 42.2. The largest absolute Gasteiger partial charge is 0.461 e. The molecule has 42 heavy (non-hydrogen) atoms. The van der Waals surface area contributed by atoms with Gasteiger partial charge < -0.3 is 14.4 Å².